The number of aryl methyl sites for hydroxylation is 1. The van der Waals surface area contributed by atoms with Gasteiger partial charge in [0.1, 0.15) is 12.1 Å². The summed E-state index contributed by atoms with van der Waals surface area (Å²) >= 11 is 3.37. The van der Waals surface area contributed by atoms with E-state index in [9.17, 15) is 4.79 Å². The zero-order valence-corrected chi connectivity index (χ0v) is 18.1. The smallest absolute Gasteiger partial charge is 0.410 e. The van der Waals surface area contributed by atoms with E-state index in [1.165, 1.54) is 11.9 Å². The molecule has 1 amide bonds. The lowest BCUT2D eigenvalue weighted by atomic mass is 9.99. The third-order valence-corrected chi connectivity index (χ3v) is 6.97. The van der Waals surface area contributed by atoms with Gasteiger partial charge in [-0.05, 0) is 42.9 Å². The Morgan fingerprint density at radius 3 is 2.67 bits per heavy atom. The fourth-order valence-corrected chi connectivity index (χ4v) is 5.01. The highest BCUT2D eigenvalue weighted by atomic mass is 32.2. The van der Waals surface area contributed by atoms with Crippen molar-refractivity contribution in [3.05, 3.63) is 48.5 Å². The minimum absolute atomic E-state index is 0.266. The Morgan fingerprint density at radius 2 is 1.97 bits per heavy atom. The molecule has 2 aromatic heterocycles. The predicted octanol–water partition coefficient (Wildman–Crippen LogP) is 3.87. The SMILES string of the molecule is O=C(Oc1ccc(CCSc2ncc[nH]2)cc1)N1CCC(CSc2ncn[nH]2)CC1. The van der Waals surface area contributed by atoms with Gasteiger partial charge in [0.15, 0.2) is 10.3 Å². The lowest BCUT2D eigenvalue weighted by Crippen LogP contribution is -2.40. The van der Waals surface area contributed by atoms with Crippen LogP contribution in [-0.4, -0.2) is 60.7 Å². The van der Waals surface area contributed by atoms with Crippen molar-refractivity contribution in [2.24, 2.45) is 5.92 Å². The molecule has 0 atom stereocenters. The summed E-state index contributed by atoms with van der Waals surface area (Å²) in [6, 6.07) is 7.76. The van der Waals surface area contributed by atoms with Crippen LogP contribution in [0.15, 0.2) is 53.3 Å². The first-order chi connectivity index (χ1) is 14.8. The van der Waals surface area contributed by atoms with Crippen LogP contribution < -0.4 is 4.74 Å². The van der Waals surface area contributed by atoms with Crippen molar-refractivity contribution in [1.82, 2.24) is 30.0 Å². The Kier molecular flexibility index (Phi) is 7.30. The second-order valence-corrected chi connectivity index (χ2v) is 9.13. The normalized spacial score (nSPS) is 14.7. The maximum atomic E-state index is 12.5. The summed E-state index contributed by atoms with van der Waals surface area (Å²) in [5.74, 6) is 3.08. The molecule has 8 nitrogen and oxygen atoms in total. The number of nitrogens with one attached hydrogen (secondary N) is 2. The second-order valence-electron chi connectivity index (χ2n) is 7.04. The number of piperidine rings is 1. The topological polar surface area (TPSA) is 99.8 Å². The molecule has 0 radical (unpaired) electrons. The number of amides is 1. The van der Waals surface area contributed by atoms with Gasteiger partial charge in [-0.25, -0.2) is 14.8 Å². The van der Waals surface area contributed by atoms with Crippen molar-refractivity contribution in [3.8, 4) is 5.75 Å². The van der Waals surface area contributed by atoms with E-state index in [4.69, 9.17) is 4.74 Å². The Bertz CT molecular complexity index is 894. The number of likely N-dealkylation sites (tertiary alicyclic amines) is 1. The molecule has 0 unspecified atom stereocenters. The molecule has 1 aliphatic heterocycles. The van der Waals surface area contributed by atoms with E-state index in [0.29, 0.717) is 11.7 Å². The zero-order valence-electron chi connectivity index (χ0n) is 16.5. The lowest BCUT2D eigenvalue weighted by Gasteiger charge is -2.30. The number of nitrogens with zero attached hydrogens (tertiary/aromatic N) is 4. The van der Waals surface area contributed by atoms with Crippen LogP contribution in [0.2, 0.25) is 0 Å². The van der Waals surface area contributed by atoms with Crippen LogP contribution in [0.1, 0.15) is 18.4 Å². The molecule has 0 aliphatic carbocycles. The zero-order chi connectivity index (χ0) is 20.6. The summed E-state index contributed by atoms with van der Waals surface area (Å²) in [6.45, 7) is 1.45. The molecule has 0 spiro atoms. The number of hydrogen-bond donors (Lipinski definition) is 2. The van der Waals surface area contributed by atoms with Gasteiger partial charge in [-0.15, -0.1) is 0 Å². The van der Waals surface area contributed by atoms with E-state index in [0.717, 1.165) is 54.2 Å². The van der Waals surface area contributed by atoms with E-state index in [1.807, 2.05) is 30.5 Å². The number of ether oxygens (including phenoxy) is 1. The van der Waals surface area contributed by atoms with Gasteiger partial charge in [0.2, 0.25) is 0 Å². The predicted molar refractivity (Wildman–Crippen MR) is 117 cm³/mol. The molecule has 1 aliphatic rings. The molecule has 1 fully saturated rings. The Morgan fingerprint density at radius 1 is 1.13 bits per heavy atom. The molecule has 30 heavy (non-hydrogen) atoms. The standard InChI is InChI=1S/C20H24N6O2S2/c27-20(26-10-5-16(6-11-26)13-30-19-23-14-24-25-19)28-17-3-1-15(2-4-17)7-12-29-18-21-8-9-22-18/h1-4,8-9,14,16H,5-7,10-13H2,(H,21,22)(H,23,24,25). The number of aromatic nitrogens is 5. The average molecular weight is 445 g/mol. The molecule has 0 bridgehead atoms. The average Bonchev–Trinajstić information content (AvgIpc) is 3.48. The van der Waals surface area contributed by atoms with Crippen molar-refractivity contribution in [2.75, 3.05) is 24.6 Å². The third-order valence-electron chi connectivity index (χ3n) is 4.95. The highest BCUT2D eigenvalue weighted by Gasteiger charge is 2.24. The molecule has 4 rings (SSSR count). The van der Waals surface area contributed by atoms with Gasteiger partial charge in [-0.2, -0.15) is 5.10 Å². The van der Waals surface area contributed by atoms with Gasteiger partial charge in [-0.3, -0.25) is 5.10 Å². The molecule has 10 heteroatoms. The summed E-state index contributed by atoms with van der Waals surface area (Å²) < 4.78 is 5.56. The van der Waals surface area contributed by atoms with E-state index >= 15 is 0 Å². The fourth-order valence-electron chi connectivity index (χ4n) is 3.23. The number of hydrogen-bond acceptors (Lipinski definition) is 7. The molecular weight excluding hydrogens is 420 g/mol. The number of imidazole rings is 1. The number of thioether (sulfide) groups is 2. The van der Waals surface area contributed by atoms with Crippen molar-refractivity contribution < 1.29 is 9.53 Å². The largest absolute Gasteiger partial charge is 0.415 e. The van der Waals surface area contributed by atoms with Gasteiger partial charge in [-0.1, -0.05) is 35.7 Å². The maximum absolute atomic E-state index is 12.5. The number of H-pyrrole nitrogens is 2. The van der Waals surface area contributed by atoms with Gasteiger partial charge in [0, 0.05) is 37.0 Å². The number of benzene rings is 1. The minimum atomic E-state index is -0.266. The quantitative estimate of drug-likeness (QED) is 0.509. The highest BCUT2D eigenvalue weighted by molar-refractivity contribution is 7.99. The minimum Gasteiger partial charge on any atom is -0.410 e. The Balaban J connectivity index is 1.16. The van der Waals surface area contributed by atoms with E-state index < -0.39 is 0 Å². The van der Waals surface area contributed by atoms with Gasteiger partial charge in [0.25, 0.3) is 0 Å². The monoisotopic (exact) mass is 444 g/mol. The first-order valence-corrected chi connectivity index (χ1v) is 11.9. The van der Waals surface area contributed by atoms with Crippen molar-refractivity contribution in [3.63, 3.8) is 0 Å². The van der Waals surface area contributed by atoms with Crippen LogP contribution >= 0.6 is 23.5 Å². The van der Waals surface area contributed by atoms with Crippen LogP contribution in [0.4, 0.5) is 4.79 Å². The molecule has 1 aromatic carbocycles. The Hall–Kier alpha value is -2.46. The third kappa shape index (κ3) is 6.02. The van der Waals surface area contributed by atoms with Crippen LogP contribution in [0.5, 0.6) is 5.75 Å². The van der Waals surface area contributed by atoms with Crippen LogP contribution in [0.25, 0.3) is 0 Å². The second kappa shape index (κ2) is 10.5. The summed E-state index contributed by atoms with van der Waals surface area (Å²) in [6.07, 6.45) is 7.71. The lowest BCUT2D eigenvalue weighted by molar-refractivity contribution is 0.134. The number of rotatable bonds is 8. The summed E-state index contributed by atoms with van der Waals surface area (Å²) in [7, 11) is 0. The molecule has 2 N–H and O–H groups in total. The molecule has 158 valence electrons. The van der Waals surface area contributed by atoms with Gasteiger partial charge < -0.3 is 14.6 Å². The summed E-state index contributed by atoms with van der Waals surface area (Å²) in [5, 5.41) is 8.50. The van der Waals surface area contributed by atoms with E-state index in [2.05, 4.69) is 25.1 Å². The Labute approximate surface area is 183 Å². The first kappa shape index (κ1) is 20.8. The van der Waals surface area contributed by atoms with E-state index in [-0.39, 0.29) is 6.09 Å². The molecule has 3 heterocycles. The fraction of sp³-hybridized carbons (Fsp3) is 0.400. The van der Waals surface area contributed by atoms with Crippen LogP contribution in [0.3, 0.4) is 0 Å². The maximum Gasteiger partial charge on any atom is 0.415 e. The summed E-state index contributed by atoms with van der Waals surface area (Å²) in [5.41, 5.74) is 1.21. The highest BCUT2D eigenvalue weighted by Crippen LogP contribution is 2.25. The van der Waals surface area contributed by atoms with Gasteiger partial charge in [0.05, 0.1) is 0 Å². The number of aromatic amines is 2. The van der Waals surface area contributed by atoms with Crippen LogP contribution in [-0.2, 0) is 6.42 Å². The molecule has 1 saturated heterocycles. The van der Waals surface area contributed by atoms with Crippen molar-refractivity contribution in [1.29, 1.82) is 0 Å². The van der Waals surface area contributed by atoms with Crippen molar-refractivity contribution >= 4 is 29.6 Å². The van der Waals surface area contributed by atoms with Gasteiger partial charge >= 0.3 is 6.09 Å². The number of carbonyl (C=O) groups is 1. The van der Waals surface area contributed by atoms with E-state index in [1.54, 1.807) is 34.6 Å². The van der Waals surface area contributed by atoms with Crippen molar-refractivity contribution in [2.45, 2.75) is 29.6 Å². The number of carbonyl (C=O) groups excluding carboxylic acids is 1. The van der Waals surface area contributed by atoms with Crippen LogP contribution in [0, 0.1) is 5.92 Å². The summed E-state index contributed by atoms with van der Waals surface area (Å²) in [4.78, 5) is 25.7. The molecular formula is C20H24N6O2S2. The first-order valence-electron chi connectivity index (χ1n) is 9.92. The molecule has 0 saturated carbocycles. The molecule has 3 aromatic rings.